The first-order valence-corrected chi connectivity index (χ1v) is 7.57. The Morgan fingerprint density at radius 1 is 1.25 bits per heavy atom. The van der Waals surface area contributed by atoms with E-state index in [1.54, 1.807) is 16.7 Å². The number of nitrogens with one attached hydrogen (secondary N) is 1. The third kappa shape index (κ3) is 4.87. The SMILES string of the molecule is CC(=O)N1CCN(C(=O)[C@H](C)Nc2ccn(CC(F)(F)F)n2)CC1. The quantitative estimate of drug-likeness (QED) is 0.880. The first kappa shape index (κ1) is 18.1. The second-order valence-corrected chi connectivity index (χ2v) is 5.71. The molecule has 2 heterocycles. The molecule has 0 aromatic carbocycles. The maximum Gasteiger partial charge on any atom is 0.408 e. The Kier molecular flexibility index (Phi) is 5.35. The molecule has 1 fully saturated rings. The first-order chi connectivity index (χ1) is 11.2. The Labute approximate surface area is 137 Å². The van der Waals surface area contributed by atoms with Crippen molar-refractivity contribution in [3.05, 3.63) is 12.3 Å². The third-order valence-electron chi connectivity index (χ3n) is 3.75. The smallest absolute Gasteiger partial charge is 0.357 e. The highest BCUT2D eigenvalue weighted by atomic mass is 19.4. The average molecular weight is 347 g/mol. The van der Waals surface area contributed by atoms with E-state index in [9.17, 15) is 22.8 Å². The highest BCUT2D eigenvalue weighted by molar-refractivity contribution is 5.84. The Morgan fingerprint density at radius 3 is 2.38 bits per heavy atom. The van der Waals surface area contributed by atoms with Gasteiger partial charge in [0, 0.05) is 45.4 Å². The van der Waals surface area contributed by atoms with Crippen molar-refractivity contribution in [1.29, 1.82) is 0 Å². The van der Waals surface area contributed by atoms with E-state index in [0.717, 1.165) is 4.68 Å². The molecule has 0 unspecified atom stereocenters. The van der Waals surface area contributed by atoms with Crippen molar-refractivity contribution in [1.82, 2.24) is 19.6 Å². The van der Waals surface area contributed by atoms with Crippen molar-refractivity contribution in [2.45, 2.75) is 32.6 Å². The normalized spacial score (nSPS) is 16.9. The first-order valence-electron chi connectivity index (χ1n) is 7.57. The van der Waals surface area contributed by atoms with Gasteiger partial charge in [-0.05, 0) is 6.92 Å². The summed E-state index contributed by atoms with van der Waals surface area (Å²) in [6, 6.07) is 0.770. The Morgan fingerprint density at radius 2 is 1.83 bits per heavy atom. The van der Waals surface area contributed by atoms with Crippen LogP contribution in [0, 0.1) is 0 Å². The summed E-state index contributed by atoms with van der Waals surface area (Å²) < 4.78 is 37.7. The summed E-state index contributed by atoms with van der Waals surface area (Å²) in [5, 5.41) is 6.57. The van der Waals surface area contributed by atoms with E-state index in [4.69, 9.17) is 0 Å². The molecule has 1 aliphatic heterocycles. The number of amides is 2. The van der Waals surface area contributed by atoms with Gasteiger partial charge in [0.2, 0.25) is 11.8 Å². The molecule has 7 nitrogen and oxygen atoms in total. The molecule has 0 bridgehead atoms. The molecule has 0 aliphatic carbocycles. The molecule has 1 saturated heterocycles. The van der Waals surface area contributed by atoms with Gasteiger partial charge >= 0.3 is 6.18 Å². The summed E-state index contributed by atoms with van der Waals surface area (Å²) in [6.07, 6.45) is -3.14. The molecule has 0 radical (unpaired) electrons. The molecule has 0 saturated carbocycles. The number of piperazine rings is 1. The molecule has 0 spiro atoms. The summed E-state index contributed by atoms with van der Waals surface area (Å²) in [5.74, 6) is 0.00882. The molecule has 1 aliphatic rings. The summed E-state index contributed by atoms with van der Waals surface area (Å²) in [5.41, 5.74) is 0. The van der Waals surface area contributed by atoms with Crippen LogP contribution in [-0.2, 0) is 16.1 Å². The van der Waals surface area contributed by atoms with Crippen LogP contribution < -0.4 is 5.32 Å². The minimum absolute atomic E-state index is 0.0246. The Hall–Kier alpha value is -2.26. The van der Waals surface area contributed by atoms with Gasteiger partial charge in [0.05, 0.1) is 0 Å². The lowest BCUT2D eigenvalue weighted by atomic mass is 10.2. The van der Waals surface area contributed by atoms with E-state index in [1.807, 2.05) is 0 Å². The zero-order chi connectivity index (χ0) is 17.9. The minimum atomic E-state index is -4.35. The van der Waals surface area contributed by atoms with Gasteiger partial charge in [0.1, 0.15) is 18.4 Å². The summed E-state index contributed by atoms with van der Waals surface area (Å²) in [4.78, 5) is 26.9. The molecule has 1 N–H and O–H groups in total. The van der Waals surface area contributed by atoms with Crippen LogP contribution in [0.5, 0.6) is 0 Å². The number of hydrogen-bond donors (Lipinski definition) is 1. The summed E-state index contributed by atoms with van der Waals surface area (Å²) >= 11 is 0. The van der Waals surface area contributed by atoms with E-state index in [1.165, 1.54) is 19.2 Å². The van der Waals surface area contributed by atoms with Crippen molar-refractivity contribution < 1.29 is 22.8 Å². The standard InChI is InChI=1S/C14H20F3N5O2/c1-10(13(24)21-7-5-20(6-8-21)11(2)23)18-12-3-4-22(19-12)9-14(15,16)17/h3-4,10H,5-9H2,1-2H3,(H,18,19)/t10-/m0/s1. The molecule has 1 atom stereocenters. The molecule has 24 heavy (non-hydrogen) atoms. The van der Waals surface area contributed by atoms with E-state index in [0.29, 0.717) is 26.2 Å². The Bertz CT molecular complexity index is 593. The van der Waals surface area contributed by atoms with Crippen LogP contribution in [0.25, 0.3) is 0 Å². The van der Waals surface area contributed by atoms with Crippen molar-refractivity contribution in [2.24, 2.45) is 0 Å². The number of anilines is 1. The fourth-order valence-electron chi connectivity index (χ4n) is 2.51. The van der Waals surface area contributed by atoms with Gasteiger partial charge in [0.25, 0.3) is 0 Å². The second kappa shape index (κ2) is 7.10. The largest absolute Gasteiger partial charge is 0.408 e. The molecule has 134 valence electrons. The second-order valence-electron chi connectivity index (χ2n) is 5.71. The van der Waals surface area contributed by atoms with Crippen LogP contribution >= 0.6 is 0 Å². The molecule has 2 amide bonds. The number of aromatic nitrogens is 2. The highest BCUT2D eigenvalue weighted by Gasteiger charge is 2.29. The van der Waals surface area contributed by atoms with E-state index in [-0.39, 0.29) is 17.6 Å². The lowest BCUT2D eigenvalue weighted by molar-refractivity contribution is -0.142. The predicted octanol–water partition coefficient (Wildman–Crippen LogP) is 0.936. The number of carbonyl (C=O) groups excluding carboxylic acids is 2. The molecule has 2 rings (SSSR count). The maximum absolute atomic E-state index is 12.4. The van der Waals surface area contributed by atoms with Crippen LogP contribution in [-0.4, -0.2) is 69.8 Å². The van der Waals surface area contributed by atoms with Gasteiger partial charge in [0.15, 0.2) is 0 Å². The number of rotatable bonds is 4. The van der Waals surface area contributed by atoms with Gasteiger partial charge in [-0.15, -0.1) is 0 Å². The minimum Gasteiger partial charge on any atom is -0.357 e. The number of hydrogen-bond acceptors (Lipinski definition) is 4. The van der Waals surface area contributed by atoms with Crippen LogP contribution in [0.3, 0.4) is 0 Å². The van der Waals surface area contributed by atoms with Crippen LogP contribution in [0.4, 0.5) is 19.0 Å². The summed E-state index contributed by atoms with van der Waals surface area (Å²) in [6.45, 7) is 3.77. The third-order valence-corrected chi connectivity index (χ3v) is 3.75. The van der Waals surface area contributed by atoms with Crippen LogP contribution in [0.1, 0.15) is 13.8 Å². The maximum atomic E-state index is 12.4. The van der Waals surface area contributed by atoms with Crippen molar-refractivity contribution in [2.75, 3.05) is 31.5 Å². The fourth-order valence-corrected chi connectivity index (χ4v) is 2.51. The van der Waals surface area contributed by atoms with Gasteiger partial charge in [-0.3, -0.25) is 14.3 Å². The number of nitrogens with zero attached hydrogens (tertiary/aromatic N) is 4. The topological polar surface area (TPSA) is 70.5 Å². The zero-order valence-corrected chi connectivity index (χ0v) is 13.5. The zero-order valence-electron chi connectivity index (χ0n) is 13.5. The van der Waals surface area contributed by atoms with Crippen LogP contribution in [0.2, 0.25) is 0 Å². The lowest BCUT2D eigenvalue weighted by Gasteiger charge is -2.35. The lowest BCUT2D eigenvalue weighted by Crippen LogP contribution is -2.53. The van der Waals surface area contributed by atoms with Gasteiger partial charge in [-0.1, -0.05) is 0 Å². The van der Waals surface area contributed by atoms with Gasteiger partial charge in [-0.2, -0.15) is 18.3 Å². The Balaban J connectivity index is 1.87. The van der Waals surface area contributed by atoms with Crippen molar-refractivity contribution >= 4 is 17.6 Å². The van der Waals surface area contributed by atoms with E-state index < -0.39 is 18.8 Å². The fraction of sp³-hybridized carbons (Fsp3) is 0.643. The molecule has 1 aromatic rings. The monoisotopic (exact) mass is 347 g/mol. The molecular formula is C14H20F3N5O2. The molecule has 1 aromatic heterocycles. The molecular weight excluding hydrogens is 327 g/mol. The van der Waals surface area contributed by atoms with Crippen LogP contribution in [0.15, 0.2) is 12.3 Å². The molecule has 10 heteroatoms. The van der Waals surface area contributed by atoms with E-state index >= 15 is 0 Å². The number of halogens is 3. The number of alkyl halides is 3. The van der Waals surface area contributed by atoms with Crippen molar-refractivity contribution in [3.8, 4) is 0 Å². The number of carbonyl (C=O) groups is 2. The predicted molar refractivity (Wildman–Crippen MR) is 80.2 cm³/mol. The van der Waals surface area contributed by atoms with E-state index in [2.05, 4.69) is 10.4 Å². The highest BCUT2D eigenvalue weighted by Crippen LogP contribution is 2.18. The summed E-state index contributed by atoms with van der Waals surface area (Å²) in [7, 11) is 0. The van der Waals surface area contributed by atoms with Crippen molar-refractivity contribution in [3.63, 3.8) is 0 Å². The average Bonchev–Trinajstić information content (AvgIpc) is 2.91. The van der Waals surface area contributed by atoms with Gasteiger partial charge in [-0.25, -0.2) is 0 Å². The van der Waals surface area contributed by atoms with Gasteiger partial charge < -0.3 is 15.1 Å².